The zero-order chi connectivity index (χ0) is 14.9. The van der Waals surface area contributed by atoms with Crippen molar-refractivity contribution in [1.82, 2.24) is 19.9 Å². The third-order valence-corrected chi connectivity index (χ3v) is 4.95. The van der Waals surface area contributed by atoms with Gasteiger partial charge >= 0.3 is 0 Å². The lowest BCUT2D eigenvalue weighted by Gasteiger charge is -2.14. The number of benzene rings is 1. The highest BCUT2D eigenvalue weighted by atomic mass is 79.9. The average molecular weight is 360 g/mol. The maximum atomic E-state index is 12.4. The second kappa shape index (κ2) is 5.51. The summed E-state index contributed by atoms with van der Waals surface area (Å²) in [5.41, 5.74) is 6.71. The highest BCUT2D eigenvalue weighted by Gasteiger charge is 2.23. The molecule has 0 saturated heterocycles. The minimum Gasteiger partial charge on any atom is -0.398 e. The Labute approximate surface area is 125 Å². The fraction of sp³-hybridized carbons (Fsp3) is 0.273. The Kier molecular flexibility index (Phi) is 4.11. The lowest BCUT2D eigenvalue weighted by molar-refractivity contribution is 0.559. The predicted molar refractivity (Wildman–Crippen MR) is 78.4 cm³/mol. The number of aromatic nitrogens is 3. The third-order valence-electron chi connectivity index (χ3n) is 2.83. The quantitative estimate of drug-likeness (QED) is 0.715. The van der Waals surface area contributed by atoms with E-state index in [1.54, 1.807) is 19.9 Å². The number of nitrogens with zero attached hydrogens (tertiary/aromatic N) is 2. The molecule has 0 aliphatic heterocycles. The van der Waals surface area contributed by atoms with Gasteiger partial charge in [0.25, 0.3) is 0 Å². The largest absolute Gasteiger partial charge is 0.398 e. The molecule has 0 aliphatic carbocycles. The van der Waals surface area contributed by atoms with Crippen molar-refractivity contribution in [3.63, 3.8) is 0 Å². The van der Waals surface area contributed by atoms with Gasteiger partial charge in [0.1, 0.15) is 12.2 Å². The lowest BCUT2D eigenvalue weighted by Crippen LogP contribution is -2.28. The number of aromatic amines is 1. The molecule has 1 aromatic carbocycles. The minimum atomic E-state index is -3.71. The van der Waals surface area contributed by atoms with Crippen molar-refractivity contribution in [2.45, 2.75) is 24.8 Å². The van der Waals surface area contributed by atoms with Gasteiger partial charge in [0.2, 0.25) is 10.0 Å². The number of anilines is 1. The van der Waals surface area contributed by atoms with Crippen LogP contribution in [-0.2, 0) is 10.0 Å². The molecule has 9 heteroatoms. The van der Waals surface area contributed by atoms with E-state index in [0.717, 1.165) is 0 Å². The molecule has 0 radical (unpaired) electrons. The summed E-state index contributed by atoms with van der Waals surface area (Å²) in [7, 11) is -3.71. The Morgan fingerprint density at radius 1 is 1.45 bits per heavy atom. The average Bonchev–Trinajstić information content (AvgIpc) is 2.86. The van der Waals surface area contributed by atoms with Gasteiger partial charge in [-0.3, -0.25) is 5.10 Å². The van der Waals surface area contributed by atoms with Gasteiger partial charge < -0.3 is 5.73 Å². The first-order valence-electron chi connectivity index (χ1n) is 5.74. The lowest BCUT2D eigenvalue weighted by atomic mass is 10.2. The molecule has 7 nitrogen and oxygen atoms in total. The van der Waals surface area contributed by atoms with Gasteiger partial charge in [-0.1, -0.05) is 15.9 Å². The number of hydrogen-bond donors (Lipinski definition) is 3. The van der Waals surface area contributed by atoms with Crippen LogP contribution in [0, 0.1) is 6.92 Å². The number of halogens is 1. The second-order valence-electron chi connectivity index (χ2n) is 4.33. The van der Waals surface area contributed by atoms with Crippen molar-refractivity contribution >= 4 is 31.6 Å². The zero-order valence-corrected chi connectivity index (χ0v) is 13.3. The first-order chi connectivity index (χ1) is 9.31. The number of sulfonamides is 1. The first-order valence-corrected chi connectivity index (χ1v) is 8.02. The molecule has 4 N–H and O–H groups in total. The van der Waals surface area contributed by atoms with Crippen molar-refractivity contribution < 1.29 is 8.42 Å². The normalized spacial score (nSPS) is 13.3. The molecule has 0 aliphatic rings. The van der Waals surface area contributed by atoms with Crippen molar-refractivity contribution in [3.05, 3.63) is 34.3 Å². The van der Waals surface area contributed by atoms with E-state index in [9.17, 15) is 8.42 Å². The van der Waals surface area contributed by atoms with Crippen LogP contribution in [0.5, 0.6) is 0 Å². The summed E-state index contributed by atoms with van der Waals surface area (Å²) in [5, 5.41) is 6.32. The van der Waals surface area contributed by atoms with Gasteiger partial charge in [0, 0.05) is 10.2 Å². The Hall–Kier alpha value is -1.45. The van der Waals surface area contributed by atoms with Crippen LogP contribution in [0.25, 0.3) is 0 Å². The van der Waals surface area contributed by atoms with E-state index >= 15 is 0 Å². The molecular weight excluding hydrogens is 346 g/mol. The van der Waals surface area contributed by atoms with Crippen LogP contribution in [0.3, 0.4) is 0 Å². The number of hydrogen-bond acceptors (Lipinski definition) is 5. The van der Waals surface area contributed by atoms with Gasteiger partial charge in [0.05, 0.1) is 10.9 Å². The smallest absolute Gasteiger partial charge is 0.241 e. The number of H-pyrrole nitrogens is 1. The molecule has 1 aromatic heterocycles. The summed E-state index contributed by atoms with van der Waals surface area (Å²) in [6.07, 6.45) is 1.32. The van der Waals surface area contributed by atoms with Crippen molar-refractivity contribution in [1.29, 1.82) is 0 Å². The molecule has 108 valence electrons. The highest BCUT2D eigenvalue weighted by molar-refractivity contribution is 9.10. The number of nitrogens with one attached hydrogen (secondary N) is 2. The van der Waals surface area contributed by atoms with Gasteiger partial charge in [-0.25, -0.2) is 18.1 Å². The molecule has 1 heterocycles. The van der Waals surface area contributed by atoms with Crippen molar-refractivity contribution in [2.24, 2.45) is 0 Å². The van der Waals surface area contributed by atoms with Crippen LogP contribution >= 0.6 is 15.9 Å². The van der Waals surface area contributed by atoms with Crippen LogP contribution in [-0.4, -0.2) is 23.6 Å². The van der Waals surface area contributed by atoms with Crippen LogP contribution in [0.2, 0.25) is 0 Å². The van der Waals surface area contributed by atoms with E-state index in [1.807, 2.05) is 0 Å². The maximum absolute atomic E-state index is 12.4. The van der Waals surface area contributed by atoms with Crippen molar-refractivity contribution in [3.8, 4) is 0 Å². The molecule has 2 aromatic rings. The van der Waals surface area contributed by atoms with Crippen LogP contribution < -0.4 is 10.5 Å². The SMILES string of the molecule is Cc1c(N)cc(Br)cc1S(=O)(=O)NC(C)c1ncn[nH]1. The molecule has 0 amide bonds. The summed E-state index contributed by atoms with van der Waals surface area (Å²) in [5.74, 6) is 0.439. The summed E-state index contributed by atoms with van der Waals surface area (Å²) in [4.78, 5) is 4.06. The number of nitrogens with two attached hydrogens (primary N) is 1. The summed E-state index contributed by atoms with van der Waals surface area (Å²) in [6.45, 7) is 3.34. The summed E-state index contributed by atoms with van der Waals surface area (Å²) in [6, 6.07) is 2.65. The molecule has 20 heavy (non-hydrogen) atoms. The van der Waals surface area contributed by atoms with Crippen LogP contribution in [0.1, 0.15) is 24.4 Å². The fourth-order valence-electron chi connectivity index (χ4n) is 1.73. The van der Waals surface area contributed by atoms with E-state index < -0.39 is 16.1 Å². The monoisotopic (exact) mass is 359 g/mol. The maximum Gasteiger partial charge on any atom is 0.241 e. The van der Waals surface area contributed by atoms with E-state index in [0.29, 0.717) is 21.5 Å². The summed E-state index contributed by atoms with van der Waals surface area (Å²) < 4.78 is 28.0. The molecule has 0 fully saturated rings. The van der Waals surface area contributed by atoms with E-state index in [-0.39, 0.29) is 4.90 Å². The first kappa shape index (κ1) is 14.9. The Morgan fingerprint density at radius 2 is 2.15 bits per heavy atom. The van der Waals surface area contributed by atoms with Gasteiger partial charge in [-0.05, 0) is 31.5 Å². The van der Waals surface area contributed by atoms with Gasteiger partial charge in [-0.2, -0.15) is 5.10 Å². The molecule has 0 bridgehead atoms. The summed E-state index contributed by atoms with van der Waals surface area (Å²) >= 11 is 3.24. The molecule has 0 saturated carbocycles. The standard InChI is InChI=1S/C11H14BrN5O2S/c1-6-9(13)3-8(12)4-10(6)20(18,19)17-7(2)11-14-5-15-16-11/h3-5,7,17H,13H2,1-2H3,(H,14,15,16). The second-order valence-corrected chi connectivity index (χ2v) is 6.93. The van der Waals surface area contributed by atoms with E-state index in [1.165, 1.54) is 12.4 Å². The molecule has 1 atom stereocenters. The Bertz CT molecular complexity index is 715. The molecule has 2 rings (SSSR count). The molecule has 1 unspecified atom stereocenters. The van der Waals surface area contributed by atoms with E-state index in [4.69, 9.17) is 5.73 Å². The van der Waals surface area contributed by atoms with E-state index in [2.05, 4.69) is 35.8 Å². The van der Waals surface area contributed by atoms with Gasteiger partial charge in [0.15, 0.2) is 0 Å². The van der Waals surface area contributed by atoms with Crippen molar-refractivity contribution in [2.75, 3.05) is 5.73 Å². The topological polar surface area (TPSA) is 114 Å². The Balaban J connectivity index is 2.36. The van der Waals surface area contributed by atoms with Crippen LogP contribution in [0.15, 0.2) is 27.8 Å². The number of nitrogen functional groups attached to an aromatic ring is 1. The zero-order valence-electron chi connectivity index (χ0n) is 10.9. The van der Waals surface area contributed by atoms with Gasteiger partial charge in [-0.15, -0.1) is 0 Å². The number of rotatable bonds is 4. The van der Waals surface area contributed by atoms with Crippen LogP contribution in [0.4, 0.5) is 5.69 Å². The predicted octanol–water partition coefficient (Wildman–Crippen LogP) is 1.50. The fourth-order valence-corrected chi connectivity index (χ4v) is 3.86. The minimum absolute atomic E-state index is 0.135. The molecule has 0 spiro atoms. The Morgan fingerprint density at radius 3 is 2.75 bits per heavy atom. The highest BCUT2D eigenvalue weighted by Crippen LogP contribution is 2.27. The third kappa shape index (κ3) is 3.00. The molecular formula is C11H14BrN5O2S.